The molecule has 0 saturated heterocycles. The Kier molecular flexibility index (Phi) is 8.21. The molecule has 2 N–H and O–H groups in total. The van der Waals surface area contributed by atoms with E-state index in [-0.39, 0.29) is 5.57 Å². The number of ether oxygens (including phenoxy) is 3. The van der Waals surface area contributed by atoms with Crippen LogP contribution in [0.4, 0.5) is 0 Å². The zero-order valence-corrected chi connectivity index (χ0v) is 15.9. The van der Waals surface area contributed by atoms with Crippen molar-refractivity contribution in [2.24, 2.45) is 0 Å². The molecule has 0 spiro atoms. The van der Waals surface area contributed by atoms with Crippen LogP contribution in [-0.4, -0.2) is 33.3 Å². The van der Waals surface area contributed by atoms with E-state index in [1.807, 2.05) is 54.6 Å². The number of amides is 1. The first-order chi connectivity index (χ1) is 13.7. The van der Waals surface area contributed by atoms with Gasteiger partial charge in [0, 0.05) is 19.3 Å². The van der Waals surface area contributed by atoms with Crippen molar-refractivity contribution in [3.8, 4) is 23.3 Å². The zero-order chi connectivity index (χ0) is 20.2. The molecule has 7 heteroatoms. The van der Waals surface area contributed by atoms with Gasteiger partial charge in [-0.05, 0) is 42.0 Å². The Hall–Kier alpha value is -3.66. The van der Waals surface area contributed by atoms with E-state index in [4.69, 9.17) is 19.5 Å². The molecule has 2 aromatic carbocycles. The first-order valence-electron chi connectivity index (χ1n) is 8.68. The molecule has 28 heavy (non-hydrogen) atoms. The second kappa shape index (κ2) is 11.1. The molecule has 2 rings (SSSR count). The summed E-state index contributed by atoms with van der Waals surface area (Å²) < 4.78 is 15.7. The van der Waals surface area contributed by atoms with Crippen molar-refractivity contribution in [3.05, 3.63) is 65.9 Å². The fourth-order valence-electron chi connectivity index (χ4n) is 2.24. The lowest BCUT2D eigenvalue weighted by Gasteiger charge is -2.08. The van der Waals surface area contributed by atoms with Crippen molar-refractivity contribution >= 4 is 5.91 Å². The third-order valence-corrected chi connectivity index (χ3v) is 3.80. The van der Waals surface area contributed by atoms with Gasteiger partial charge >= 0.3 is 0 Å². The fourth-order valence-corrected chi connectivity index (χ4v) is 2.24. The summed E-state index contributed by atoms with van der Waals surface area (Å²) in [4.78, 5) is 12.1. The van der Waals surface area contributed by atoms with Crippen molar-refractivity contribution in [1.29, 1.82) is 5.26 Å². The third-order valence-electron chi connectivity index (χ3n) is 3.80. The molecule has 0 saturated carbocycles. The Labute approximate surface area is 164 Å². The Morgan fingerprint density at radius 1 is 1.00 bits per heavy atom. The summed E-state index contributed by atoms with van der Waals surface area (Å²) >= 11 is 0. The summed E-state index contributed by atoms with van der Waals surface area (Å²) in [5, 5.41) is 14.8. The van der Waals surface area contributed by atoms with Crippen molar-refractivity contribution < 1.29 is 19.0 Å². The van der Waals surface area contributed by atoms with Crippen LogP contribution in [0.2, 0.25) is 0 Å². The average Bonchev–Trinajstić information content (AvgIpc) is 2.75. The number of hydrogen-bond donors (Lipinski definition) is 2. The van der Waals surface area contributed by atoms with Crippen LogP contribution in [0.3, 0.4) is 0 Å². The molecule has 0 aliphatic heterocycles. The van der Waals surface area contributed by atoms with E-state index in [1.165, 1.54) is 6.20 Å². The summed E-state index contributed by atoms with van der Waals surface area (Å²) in [6.07, 6.45) is 1.39. The number of methoxy groups -OCH3 is 2. The lowest BCUT2D eigenvalue weighted by atomic mass is 10.2. The van der Waals surface area contributed by atoms with Gasteiger partial charge in [-0.1, -0.05) is 12.1 Å². The van der Waals surface area contributed by atoms with E-state index in [1.54, 1.807) is 14.2 Å². The number of carbonyl (C=O) groups is 1. The first kappa shape index (κ1) is 20.6. The van der Waals surface area contributed by atoms with E-state index >= 15 is 0 Å². The zero-order valence-electron chi connectivity index (χ0n) is 15.9. The molecule has 0 aliphatic carbocycles. The fraction of sp³-hybridized carbons (Fsp3) is 0.238. The molecule has 0 heterocycles. The predicted octanol–water partition coefficient (Wildman–Crippen LogP) is 2.40. The summed E-state index contributed by atoms with van der Waals surface area (Å²) in [7, 11) is 3.20. The highest BCUT2D eigenvalue weighted by Crippen LogP contribution is 2.16. The maximum Gasteiger partial charge on any atom is 0.263 e. The van der Waals surface area contributed by atoms with Crippen LogP contribution in [0.15, 0.2) is 60.3 Å². The van der Waals surface area contributed by atoms with Gasteiger partial charge < -0.3 is 24.8 Å². The first-order valence-corrected chi connectivity index (χ1v) is 8.68. The van der Waals surface area contributed by atoms with Crippen molar-refractivity contribution in [2.45, 2.75) is 6.54 Å². The van der Waals surface area contributed by atoms with Gasteiger partial charge in [0.1, 0.15) is 35.5 Å². The molecular formula is C21H23N3O4. The van der Waals surface area contributed by atoms with Gasteiger partial charge in [0.05, 0.1) is 14.2 Å². The van der Waals surface area contributed by atoms with Gasteiger partial charge in [-0.25, -0.2) is 0 Å². The molecule has 0 bridgehead atoms. The SMILES string of the molecule is COc1ccc(CNC(=O)/C(C#N)=C\NCCOc2ccc(OC)cc2)cc1. The molecular weight excluding hydrogens is 358 g/mol. The summed E-state index contributed by atoms with van der Waals surface area (Å²) in [5.41, 5.74) is 0.908. The highest BCUT2D eigenvalue weighted by atomic mass is 16.5. The van der Waals surface area contributed by atoms with Gasteiger partial charge in [0.25, 0.3) is 5.91 Å². The molecule has 0 fully saturated rings. The lowest BCUT2D eigenvalue weighted by molar-refractivity contribution is -0.117. The van der Waals surface area contributed by atoms with Crippen molar-refractivity contribution in [1.82, 2.24) is 10.6 Å². The lowest BCUT2D eigenvalue weighted by Crippen LogP contribution is -2.26. The molecule has 2 aromatic rings. The molecule has 0 atom stereocenters. The number of nitriles is 1. The Bertz CT molecular complexity index is 824. The maximum atomic E-state index is 12.1. The quantitative estimate of drug-likeness (QED) is 0.373. The van der Waals surface area contributed by atoms with E-state index in [2.05, 4.69) is 10.6 Å². The van der Waals surface area contributed by atoms with Crippen LogP contribution in [0.5, 0.6) is 17.2 Å². The maximum absolute atomic E-state index is 12.1. The van der Waals surface area contributed by atoms with Gasteiger partial charge in [-0.15, -0.1) is 0 Å². The van der Waals surface area contributed by atoms with Crippen LogP contribution in [0, 0.1) is 11.3 Å². The predicted molar refractivity (Wildman–Crippen MR) is 105 cm³/mol. The van der Waals surface area contributed by atoms with Crippen LogP contribution in [0.1, 0.15) is 5.56 Å². The molecule has 0 unspecified atom stereocenters. The smallest absolute Gasteiger partial charge is 0.263 e. The molecule has 1 amide bonds. The van der Waals surface area contributed by atoms with Crippen molar-refractivity contribution in [2.75, 3.05) is 27.4 Å². The van der Waals surface area contributed by atoms with E-state index < -0.39 is 5.91 Å². The number of nitrogens with one attached hydrogen (secondary N) is 2. The monoisotopic (exact) mass is 381 g/mol. The number of hydrogen-bond acceptors (Lipinski definition) is 6. The van der Waals surface area contributed by atoms with Crippen molar-refractivity contribution in [3.63, 3.8) is 0 Å². The number of carbonyl (C=O) groups excluding carboxylic acids is 1. The number of rotatable bonds is 10. The van der Waals surface area contributed by atoms with Crippen LogP contribution in [0.25, 0.3) is 0 Å². The Morgan fingerprint density at radius 3 is 2.14 bits per heavy atom. The number of benzene rings is 2. The molecule has 7 nitrogen and oxygen atoms in total. The second-order valence-electron chi connectivity index (χ2n) is 5.68. The van der Waals surface area contributed by atoms with E-state index in [9.17, 15) is 4.79 Å². The standard InChI is InChI=1S/C21H23N3O4/c1-26-18-5-3-16(4-6-18)14-24-21(25)17(13-22)15-23-11-12-28-20-9-7-19(27-2)8-10-20/h3-10,15,23H,11-12,14H2,1-2H3,(H,24,25)/b17-15-. The van der Waals surface area contributed by atoms with E-state index in [0.717, 1.165) is 17.1 Å². The molecule has 146 valence electrons. The minimum atomic E-state index is -0.443. The van der Waals surface area contributed by atoms with Crippen LogP contribution < -0.4 is 24.8 Å². The van der Waals surface area contributed by atoms with Gasteiger partial charge in [-0.3, -0.25) is 4.79 Å². The van der Waals surface area contributed by atoms with Crippen LogP contribution >= 0.6 is 0 Å². The highest BCUT2D eigenvalue weighted by Gasteiger charge is 2.08. The minimum Gasteiger partial charge on any atom is -0.497 e. The normalized spacial score (nSPS) is 10.5. The van der Waals surface area contributed by atoms with Gasteiger partial charge in [0.15, 0.2) is 0 Å². The van der Waals surface area contributed by atoms with Gasteiger partial charge in [0.2, 0.25) is 0 Å². The largest absolute Gasteiger partial charge is 0.497 e. The second-order valence-corrected chi connectivity index (χ2v) is 5.68. The average molecular weight is 381 g/mol. The number of nitrogens with zero attached hydrogens (tertiary/aromatic N) is 1. The van der Waals surface area contributed by atoms with Crippen LogP contribution in [-0.2, 0) is 11.3 Å². The van der Waals surface area contributed by atoms with E-state index in [0.29, 0.717) is 25.4 Å². The Morgan fingerprint density at radius 2 is 1.57 bits per heavy atom. The topological polar surface area (TPSA) is 92.6 Å². The molecule has 0 radical (unpaired) electrons. The summed E-state index contributed by atoms with van der Waals surface area (Å²) in [6.45, 7) is 1.15. The Balaban J connectivity index is 1.73. The molecule has 0 aliphatic rings. The third kappa shape index (κ3) is 6.57. The highest BCUT2D eigenvalue weighted by molar-refractivity contribution is 5.97. The minimum absolute atomic E-state index is 0.00189. The summed E-state index contributed by atoms with van der Waals surface area (Å²) in [6, 6.07) is 16.4. The molecule has 0 aromatic heterocycles. The summed E-state index contributed by atoms with van der Waals surface area (Å²) in [5.74, 6) is 1.77. The van der Waals surface area contributed by atoms with Gasteiger partial charge in [-0.2, -0.15) is 5.26 Å².